The molecule has 0 saturated heterocycles. The number of rotatable bonds is 3. The number of pyridine rings is 1. The van der Waals surface area contributed by atoms with Gasteiger partial charge in [0.15, 0.2) is 0 Å². The van der Waals surface area contributed by atoms with Gasteiger partial charge < -0.3 is 9.84 Å². The molecule has 0 saturated carbocycles. The Morgan fingerprint density at radius 2 is 1.90 bits per heavy atom. The predicted molar refractivity (Wildman–Crippen MR) is 66.4 cm³/mol. The van der Waals surface area contributed by atoms with E-state index in [1.807, 2.05) is 0 Å². The van der Waals surface area contributed by atoms with Gasteiger partial charge in [-0.3, -0.25) is 0 Å². The van der Waals surface area contributed by atoms with Crippen molar-refractivity contribution in [2.24, 2.45) is 0 Å². The van der Waals surface area contributed by atoms with Gasteiger partial charge in [-0.1, -0.05) is 12.1 Å². The fourth-order valence-corrected chi connectivity index (χ4v) is 1.75. The van der Waals surface area contributed by atoms with E-state index in [9.17, 15) is 13.2 Å². The normalized spacial score (nSPS) is 11.4. The Hall–Kier alpha value is -2.08. The fraction of sp³-hybridized carbons (Fsp3) is 0.214. The Morgan fingerprint density at radius 3 is 2.55 bits per heavy atom. The zero-order chi connectivity index (χ0) is 14.8. The van der Waals surface area contributed by atoms with Crippen LogP contribution < -0.4 is 4.74 Å². The Bertz CT molecular complexity index is 612. The molecule has 1 heterocycles. The van der Waals surface area contributed by atoms with E-state index in [4.69, 9.17) is 9.84 Å². The van der Waals surface area contributed by atoms with Crippen LogP contribution in [0, 0.1) is 6.92 Å². The van der Waals surface area contributed by atoms with E-state index in [1.54, 1.807) is 13.0 Å². The van der Waals surface area contributed by atoms with Gasteiger partial charge in [0.2, 0.25) is 5.88 Å². The van der Waals surface area contributed by atoms with Crippen LogP contribution in [0.25, 0.3) is 0 Å². The van der Waals surface area contributed by atoms with Gasteiger partial charge >= 0.3 is 6.18 Å². The van der Waals surface area contributed by atoms with Crippen molar-refractivity contribution in [1.82, 2.24) is 4.98 Å². The lowest BCUT2D eigenvalue weighted by Gasteiger charge is -2.13. The van der Waals surface area contributed by atoms with Crippen molar-refractivity contribution in [1.29, 1.82) is 0 Å². The molecule has 20 heavy (non-hydrogen) atoms. The minimum Gasteiger partial charge on any atom is -0.438 e. The highest BCUT2D eigenvalue weighted by Crippen LogP contribution is 2.37. The van der Waals surface area contributed by atoms with Crippen LogP contribution in [-0.4, -0.2) is 10.1 Å². The Labute approximate surface area is 113 Å². The smallest absolute Gasteiger partial charge is 0.419 e. The van der Waals surface area contributed by atoms with Crippen molar-refractivity contribution in [2.75, 3.05) is 0 Å². The maximum atomic E-state index is 12.8. The van der Waals surface area contributed by atoms with Crippen molar-refractivity contribution in [2.45, 2.75) is 19.7 Å². The third kappa shape index (κ3) is 3.27. The summed E-state index contributed by atoms with van der Waals surface area (Å²) in [6.45, 7) is 1.43. The average Bonchev–Trinajstić information content (AvgIpc) is 2.37. The molecule has 0 amide bonds. The molecule has 1 aromatic carbocycles. The number of nitrogens with zero attached hydrogens (tertiary/aromatic N) is 1. The molecule has 0 atom stereocenters. The fourth-order valence-electron chi connectivity index (χ4n) is 1.75. The largest absolute Gasteiger partial charge is 0.438 e. The van der Waals surface area contributed by atoms with E-state index in [1.165, 1.54) is 24.3 Å². The van der Waals surface area contributed by atoms with Crippen LogP contribution in [0.3, 0.4) is 0 Å². The molecule has 0 unspecified atom stereocenters. The number of alkyl halides is 3. The number of ether oxygens (including phenoxy) is 1. The second-order valence-electron chi connectivity index (χ2n) is 4.21. The van der Waals surface area contributed by atoms with Crippen LogP contribution >= 0.6 is 0 Å². The van der Waals surface area contributed by atoms with Gasteiger partial charge in [-0.15, -0.1) is 0 Å². The molecular formula is C14H12F3NO2. The summed E-state index contributed by atoms with van der Waals surface area (Å²) in [7, 11) is 0. The lowest BCUT2D eigenvalue weighted by molar-refractivity contribution is -0.138. The van der Waals surface area contributed by atoms with Gasteiger partial charge in [-0.25, -0.2) is 4.98 Å². The van der Waals surface area contributed by atoms with Crippen molar-refractivity contribution >= 4 is 0 Å². The number of hydrogen-bond acceptors (Lipinski definition) is 3. The minimum atomic E-state index is -4.50. The highest BCUT2D eigenvalue weighted by Gasteiger charge is 2.34. The van der Waals surface area contributed by atoms with Crippen LogP contribution in [-0.2, 0) is 12.8 Å². The minimum absolute atomic E-state index is 0.0192. The first-order chi connectivity index (χ1) is 9.40. The van der Waals surface area contributed by atoms with Crippen LogP contribution in [0.4, 0.5) is 13.2 Å². The summed E-state index contributed by atoms with van der Waals surface area (Å²) in [5.41, 5.74) is 0.210. The Balaban J connectivity index is 2.38. The van der Waals surface area contributed by atoms with Gasteiger partial charge in [-0.05, 0) is 30.7 Å². The molecule has 2 aromatic rings. The first-order valence-electron chi connectivity index (χ1n) is 5.82. The summed E-state index contributed by atoms with van der Waals surface area (Å²) in [6, 6.07) is 7.94. The SMILES string of the molecule is Cc1cc(CO)cc(Oc2ccccc2C(F)(F)F)n1. The number of halogens is 3. The molecule has 106 valence electrons. The molecule has 1 N–H and O–H groups in total. The monoisotopic (exact) mass is 283 g/mol. The van der Waals surface area contributed by atoms with Crippen LogP contribution in [0.15, 0.2) is 36.4 Å². The highest BCUT2D eigenvalue weighted by atomic mass is 19.4. The van der Waals surface area contributed by atoms with Crippen molar-refractivity contribution in [3.8, 4) is 11.6 Å². The van der Waals surface area contributed by atoms with Crippen LogP contribution in [0.5, 0.6) is 11.6 Å². The molecule has 0 aliphatic rings. The molecule has 0 spiro atoms. The summed E-state index contributed by atoms with van der Waals surface area (Å²) in [5, 5.41) is 9.07. The predicted octanol–water partition coefficient (Wildman–Crippen LogP) is 3.69. The second kappa shape index (κ2) is 5.50. The first kappa shape index (κ1) is 14.3. The van der Waals surface area contributed by atoms with E-state index in [0.29, 0.717) is 11.3 Å². The number of aryl methyl sites for hydroxylation is 1. The second-order valence-corrected chi connectivity index (χ2v) is 4.21. The molecular weight excluding hydrogens is 271 g/mol. The Morgan fingerprint density at radius 1 is 1.20 bits per heavy atom. The van der Waals surface area contributed by atoms with E-state index < -0.39 is 11.7 Å². The van der Waals surface area contributed by atoms with Gasteiger partial charge in [0.1, 0.15) is 5.75 Å². The summed E-state index contributed by atoms with van der Waals surface area (Å²) in [5.74, 6) is -0.298. The van der Waals surface area contributed by atoms with Gasteiger partial charge in [-0.2, -0.15) is 13.2 Å². The summed E-state index contributed by atoms with van der Waals surface area (Å²) >= 11 is 0. The molecule has 2 rings (SSSR count). The summed E-state index contributed by atoms with van der Waals surface area (Å²) < 4.78 is 43.7. The number of aromatic nitrogens is 1. The van der Waals surface area contributed by atoms with Gasteiger partial charge in [0.25, 0.3) is 0 Å². The first-order valence-corrected chi connectivity index (χ1v) is 5.82. The third-order valence-electron chi connectivity index (χ3n) is 2.58. The maximum Gasteiger partial charge on any atom is 0.419 e. The van der Waals surface area contributed by atoms with Crippen LogP contribution in [0.1, 0.15) is 16.8 Å². The van der Waals surface area contributed by atoms with Crippen LogP contribution in [0.2, 0.25) is 0 Å². The molecule has 0 bridgehead atoms. The quantitative estimate of drug-likeness (QED) is 0.934. The molecule has 3 nitrogen and oxygen atoms in total. The number of aliphatic hydroxyl groups is 1. The van der Waals surface area contributed by atoms with Crippen molar-refractivity contribution in [3.63, 3.8) is 0 Å². The number of aliphatic hydroxyl groups excluding tert-OH is 1. The lowest BCUT2D eigenvalue weighted by atomic mass is 10.2. The average molecular weight is 283 g/mol. The number of para-hydroxylation sites is 1. The lowest BCUT2D eigenvalue weighted by Crippen LogP contribution is -2.07. The molecule has 1 aromatic heterocycles. The number of hydrogen-bond donors (Lipinski definition) is 1. The molecule has 6 heteroatoms. The van der Waals surface area contributed by atoms with Gasteiger partial charge in [0, 0.05) is 11.8 Å². The highest BCUT2D eigenvalue weighted by molar-refractivity contribution is 5.38. The standard InChI is InChI=1S/C14H12F3NO2/c1-9-6-10(8-19)7-13(18-9)20-12-5-3-2-4-11(12)14(15,16)17/h2-7,19H,8H2,1H3. The zero-order valence-corrected chi connectivity index (χ0v) is 10.6. The van der Waals surface area contributed by atoms with E-state index >= 15 is 0 Å². The summed E-state index contributed by atoms with van der Waals surface area (Å²) in [6.07, 6.45) is -4.50. The van der Waals surface area contributed by atoms with Crippen molar-refractivity contribution in [3.05, 3.63) is 53.2 Å². The maximum absolute atomic E-state index is 12.8. The van der Waals surface area contributed by atoms with E-state index in [-0.39, 0.29) is 18.2 Å². The zero-order valence-electron chi connectivity index (χ0n) is 10.6. The Kier molecular flexibility index (Phi) is 3.94. The molecule has 0 aliphatic heterocycles. The number of benzene rings is 1. The third-order valence-corrected chi connectivity index (χ3v) is 2.58. The topological polar surface area (TPSA) is 42.4 Å². The summed E-state index contributed by atoms with van der Waals surface area (Å²) in [4.78, 5) is 4.00. The molecule has 0 aliphatic carbocycles. The van der Waals surface area contributed by atoms with Crippen molar-refractivity contribution < 1.29 is 23.0 Å². The molecule has 0 fully saturated rings. The van der Waals surface area contributed by atoms with E-state index in [0.717, 1.165) is 6.07 Å². The molecule has 0 radical (unpaired) electrons. The van der Waals surface area contributed by atoms with Gasteiger partial charge in [0.05, 0.1) is 12.2 Å². The van der Waals surface area contributed by atoms with E-state index in [2.05, 4.69) is 4.98 Å².